The van der Waals surface area contributed by atoms with Gasteiger partial charge in [-0.1, -0.05) is 35.3 Å². The van der Waals surface area contributed by atoms with Gasteiger partial charge in [0.05, 0.1) is 0 Å². The average Bonchev–Trinajstić information content (AvgIpc) is 2.47. The Morgan fingerprint density at radius 1 is 0.857 bits per heavy atom. The Labute approximate surface area is 132 Å². The van der Waals surface area contributed by atoms with E-state index in [0.717, 1.165) is 6.42 Å². The number of urea groups is 1. The highest BCUT2D eigenvalue weighted by Crippen LogP contribution is 2.23. The fraction of sp³-hybridized carbons (Fsp3) is 0.214. The molecule has 0 radical (unpaired) electrons. The van der Waals surface area contributed by atoms with Crippen LogP contribution in [-0.2, 0) is 0 Å². The van der Waals surface area contributed by atoms with Crippen molar-refractivity contribution in [3.05, 3.63) is 46.7 Å². The van der Waals surface area contributed by atoms with E-state index in [2.05, 4.69) is 9.97 Å². The van der Waals surface area contributed by atoms with E-state index in [1.807, 2.05) is 0 Å². The van der Waals surface area contributed by atoms with Crippen molar-refractivity contribution in [3.8, 4) is 0 Å². The number of hydrogen-bond donors (Lipinski definition) is 0. The summed E-state index contributed by atoms with van der Waals surface area (Å²) in [5.74, 6) is 1.08. The molecule has 0 saturated carbocycles. The van der Waals surface area contributed by atoms with Gasteiger partial charge in [-0.05, 0) is 30.7 Å². The largest absolute Gasteiger partial charge is 0.331 e. The molecule has 108 valence electrons. The fourth-order valence-corrected chi connectivity index (χ4v) is 2.56. The van der Waals surface area contributed by atoms with Crippen molar-refractivity contribution < 1.29 is 4.79 Å². The summed E-state index contributed by atoms with van der Waals surface area (Å²) < 4.78 is 0. The molecule has 2 amide bonds. The second kappa shape index (κ2) is 5.87. The molecule has 0 spiro atoms. The standard InChI is InChI=1S/C14H12Cl2N4O/c15-10-4-1-6-12(17-10)19-8-3-9-20(14(19)21)13-7-2-5-11(16)18-13/h1-2,4-7H,3,8-9H2. The van der Waals surface area contributed by atoms with E-state index in [4.69, 9.17) is 23.2 Å². The van der Waals surface area contributed by atoms with Crippen molar-refractivity contribution in [2.45, 2.75) is 6.42 Å². The van der Waals surface area contributed by atoms with E-state index in [-0.39, 0.29) is 6.03 Å². The van der Waals surface area contributed by atoms with Gasteiger partial charge >= 0.3 is 6.03 Å². The highest BCUT2D eigenvalue weighted by Gasteiger charge is 2.29. The molecule has 3 rings (SSSR count). The number of carbonyl (C=O) groups excluding carboxylic acids is 1. The maximum absolute atomic E-state index is 12.6. The van der Waals surface area contributed by atoms with Crippen LogP contribution in [0.15, 0.2) is 36.4 Å². The number of aromatic nitrogens is 2. The number of pyridine rings is 2. The van der Waals surface area contributed by atoms with Crippen molar-refractivity contribution >= 4 is 40.9 Å². The van der Waals surface area contributed by atoms with E-state index < -0.39 is 0 Å². The number of amides is 2. The van der Waals surface area contributed by atoms with E-state index in [0.29, 0.717) is 35.0 Å². The summed E-state index contributed by atoms with van der Waals surface area (Å²) in [5, 5.41) is 0.719. The lowest BCUT2D eigenvalue weighted by molar-refractivity contribution is 0.248. The number of nitrogens with zero attached hydrogens (tertiary/aromatic N) is 4. The van der Waals surface area contributed by atoms with Gasteiger partial charge in [0.1, 0.15) is 21.9 Å². The molecular formula is C14H12Cl2N4O. The first-order valence-corrected chi connectivity index (χ1v) is 7.25. The molecule has 0 bridgehead atoms. The predicted molar refractivity (Wildman–Crippen MR) is 83.2 cm³/mol. The lowest BCUT2D eigenvalue weighted by Crippen LogP contribution is -2.50. The van der Waals surface area contributed by atoms with Crippen molar-refractivity contribution in [1.82, 2.24) is 9.97 Å². The van der Waals surface area contributed by atoms with Gasteiger partial charge in [-0.25, -0.2) is 14.8 Å². The maximum Gasteiger partial charge on any atom is 0.331 e. The van der Waals surface area contributed by atoms with Crippen LogP contribution in [0.25, 0.3) is 0 Å². The van der Waals surface area contributed by atoms with E-state index in [9.17, 15) is 4.79 Å². The summed E-state index contributed by atoms with van der Waals surface area (Å²) in [6, 6.07) is 10.2. The number of anilines is 2. The summed E-state index contributed by atoms with van der Waals surface area (Å²) in [4.78, 5) is 24.2. The van der Waals surface area contributed by atoms with Crippen molar-refractivity contribution in [2.24, 2.45) is 0 Å². The van der Waals surface area contributed by atoms with Crippen LogP contribution >= 0.6 is 23.2 Å². The first kappa shape index (κ1) is 14.1. The molecule has 21 heavy (non-hydrogen) atoms. The van der Waals surface area contributed by atoms with Gasteiger partial charge in [0, 0.05) is 13.1 Å². The molecule has 2 aromatic heterocycles. The minimum absolute atomic E-state index is 0.175. The van der Waals surface area contributed by atoms with Gasteiger partial charge in [-0.15, -0.1) is 0 Å². The Balaban J connectivity index is 1.90. The average molecular weight is 323 g/mol. The number of carbonyl (C=O) groups is 1. The minimum atomic E-state index is -0.175. The second-order valence-electron chi connectivity index (χ2n) is 4.58. The second-order valence-corrected chi connectivity index (χ2v) is 5.35. The van der Waals surface area contributed by atoms with Gasteiger partial charge in [-0.2, -0.15) is 0 Å². The highest BCUT2D eigenvalue weighted by atomic mass is 35.5. The van der Waals surface area contributed by atoms with E-state index in [1.165, 1.54) is 0 Å². The summed E-state index contributed by atoms with van der Waals surface area (Å²) >= 11 is 11.8. The molecule has 1 saturated heterocycles. The zero-order chi connectivity index (χ0) is 14.8. The summed E-state index contributed by atoms with van der Waals surface area (Å²) in [6.07, 6.45) is 0.814. The minimum Gasteiger partial charge on any atom is -0.278 e. The molecule has 2 aromatic rings. The van der Waals surface area contributed by atoms with Gasteiger partial charge in [-0.3, -0.25) is 9.80 Å². The van der Waals surface area contributed by atoms with Gasteiger partial charge in [0.2, 0.25) is 0 Å². The number of hydrogen-bond acceptors (Lipinski definition) is 3. The summed E-state index contributed by atoms with van der Waals surface area (Å²) in [7, 11) is 0. The SMILES string of the molecule is O=C1N(c2cccc(Cl)n2)CCCN1c1cccc(Cl)n1. The Kier molecular flexibility index (Phi) is 3.94. The maximum atomic E-state index is 12.6. The number of halogens is 2. The molecule has 0 unspecified atom stereocenters. The molecule has 1 aliphatic heterocycles. The Morgan fingerprint density at radius 2 is 1.33 bits per heavy atom. The quantitative estimate of drug-likeness (QED) is 0.793. The van der Waals surface area contributed by atoms with Crippen LogP contribution in [0.2, 0.25) is 10.3 Å². The third-order valence-corrected chi connectivity index (χ3v) is 3.60. The topological polar surface area (TPSA) is 49.3 Å². The predicted octanol–water partition coefficient (Wildman–Crippen LogP) is 3.62. The molecule has 0 aromatic carbocycles. The van der Waals surface area contributed by atoms with Crippen molar-refractivity contribution in [2.75, 3.05) is 22.9 Å². The van der Waals surface area contributed by atoms with Gasteiger partial charge in [0.15, 0.2) is 0 Å². The third-order valence-electron chi connectivity index (χ3n) is 3.18. The Morgan fingerprint density at radius 3 is 1.76 bits per heavy atom. The highest BCUT2D eigenvalue weighted by molar-refractivity contribution is 6.29. The molecule has 1 fully saturated rings. The van der Waals surface area contributed by atoms with Crippen LogP contribution in [-0.4, -0.2) is 29.1 Å². The van der Waals surface area contributed by atoms with Crippen molar-refractivity contribution in [3.63, 3.8) is 0 Å². The fourth-order valence-electron chi connectivity index (χ4n) is 2.24. The van der Waals surface area contributed by atoms with Crippen LogP contribution in [0, 0.1) is 0 Å². The molecule has 0 N–H and O–H groups in total. The monoisotopic (exact) mass is 322 g/mol. The zero-order valence-electron chi connectivity index (χ0n) is 11.0. The van der Waals surface area contributed by atoms with Crippen LogP contribution in [0.3, 0.4) is 0 Å². The zero-order valence-corrected chi connectivity index (χ0v) is 12.6. The first-order chi connectivity index (χ1) is 10.1. The van der Waals surface area contributed by atoms with Gasteiger partial charge in [0.25, 0.3) is 0 Å². The van der Waals surface area contributed by atoms with Crippen LogP contribution in [0.4, 0.5) is 16.4 Å². The molecule has 3 heterocycles. The Hall–Kier alpha value is -1.85. The van der Waals surface area contributed by atoms with Crippen LogP contribution in [0.1, 0.15) is 6.42 Å². The summed E-state index contributed by atoms with van der Waals surface area (Å²) in [6.45, 7) is 1.20. The van der Waals surface area contributed by atoms with Crippen molar-refractivity contribution in [1.29, 1.82) is 0 Å². The Bertz CT molecular complexity index is 624. The molecule has 7 heteroatoms. The molecule has 0 aliphatic carbocycles. The lowest BCUT2D eigenvalue weighted by Gasteiger charge is -2.34. The molecule has 1 aliphatic rings. The van der Waals surface area contributed by atoms with E-state index >= 15 is 0 Å². The smallest absolute Gasteiger partial charge is 0.278 e. The molecular weight excluding hydrogens is 311 g/mol. The molecule has 0 atom stereocenters. The van der Waals surface area contributed by atoms with E-state index in [1.54, 1.807) is 46.2 Å². The summed E-state index contributed by atoms with van der Waals surface area (Å²) in [5.41, 5.74) is 0. The third kappa shape index (κ3) is 2.94. The van der Waals surface area contributed by atoms with Crippen LogP contribution in [0.5, 0.6) is 0 Å². The normalized spacial score (nSPS) is 15.4. The number of rotatable bonds is 2. The van der Waals surface area contributed by atoms with Crippen LogP contribution < -0.4 is 9.80 Å². The first-order valence-electron chi connectivity index (χ1n) is 6.49. The molecule has 5 nitrogen and oxygen atoms in total. The van der Waals surface area contributed by atoms with Gasteiger partial charge < -0.3 is 0 Å². The lowest BCUT2D eigenvalue weighted by atomic mass is 10.2.